The molecule has 0 fully saturated rings. The minimum absolute atomic E-state index is 0.334. The number of rotatable bonds is 5. The third-order valence-electron chi connectivity index (χ3n) is 4.05. The number of benzene rings is 2. The van der Waals surface area contributed by atoms with Crippen molar-refractivity contribution in [3.05, 3.63) is 53.1 Å². The number of aromatic nitrogens is 3. The topological polar surface area (TPSA) is 86.1 Å². The van der Waals surface area contributed by atoms with Gasteiger partial charge in [-0.15, -0.1) is 5.10 Å². The molecule has 0 aliphatic rings. The fourth-order valence-corrected chi connectivity index (χ4v) is 2.60. The summed E-state index contributed by atoms with van der Waals surface area (Å²) in [5, 5.41) is 10.8. The second kappa shape index (κ2) is 7.35. The lowest BCUT2D eigenvalue weighted by Crippen LogP contribution is -2.21. The molecule has 0 unspecified atom stereocenters. The summed E-state index contributed by atoms with van der Waals surface area (Å²) in [5.41, 5.74) is 4.48. The van der Waals surface area contributed by atoms with E-state index in [2.05, 4.69) is 15.6 Å². The molecule has 3 rings (SSSR count). The maximum absolute atomic E-state index is 12.2. The van der Waals surface area contributed by atoms with Gasteiger partial charge in [0.05, 0.1) is 11.1 Å². The molecule has 0 saturated heterocycles. The zero-order valence-corrected chi connectivity index (χ0v) is 14.9. The minimum Gasteiger partial charge on any atom is -0.452 e. The van der Waals surface area contributed by atoms with E-state index in [1.807, 2.05) is 39.0 Å². The van der Waals surface area contributed by atoms with Gasteiger partial charge in [-0.3, -0.25) is 4.79 Å². The Hall–Kier alpha value is -3.22. The number of nitrogens with one attached hydrogen (secondary N) is 1. The molecule has 7 heteroatoms. The van der Waals surface area contributed by atoms with E-state index in [1.165, 1.54) is 0 Å². The highest BCUT2D eigenvalue weighted by Crippen LogP contribution is 2.17. The molecule has 0 aliphatic heterocycles. The van der Waals surface area contributed by atoms with E-state index in [1.54, 1.807) is 22.9 Å². The van der Waals surface area contributed by atoms with Crippen molar-refractivity contribution in [3.63, 3.8) is 0 Å². The van der Waals surface area contributed by atoms with Gasteiger partial charge < -0.3 is 10.1 Å². The molecule has 1 heterocycles. The molecule has 7 nitrogen and oxygen atoms in total. The number of ether oxygens (including phenoxy) is 1. The number of nitrogens with zero attached hydrogens (tertiary/aromatic N) is 3. The van der Waals surface area contributed by atoms with Crippen molar-refractivity contribution in [2.24, 2.45) is 0 Å². The predicted octanol–water partition coefficient (Wildman–Crippen LogP) is 2.86. The number of aryl methyl sites for hydroxylation is 3. The SMILES string of the molecule is CCn1nnc2cc(C(=O)OCC(=O)Nc3cc(C)ccc3C)ccc21. The monoisotopic (exact) mass is 352 g/mol. The molecule has 0 aliphatic carbocycles. The van der Waals surface area contributed by atoms with Gasteiger partial charge in [0.2, 0.25) is 0 Å². The van der Waals surface area contributed by atoms with Gasteiger partial charge >= 0.3 is 5.97 Å². The van der Waals surface area contributed by atoms with Crippen LogP contribution in [0.1, 0.15) is 28.4 Å². The number of anilines is 1. The molecule has 1 aromatic heterocycles. The van der Waals surface area contributed by atoms with E-state index in [4.69, 9.17) is 4.74 Å². The van der Waals surface area contributed by atoms with E-state index in [-0.39, 0.29) is 12.5 Å². The zero-order valence-electron chi connectivity index (χ0n) is 14.9. The Kier molecular flexibility index (Phi) is 4.97. The van der Waals surface area contributed by atoms with Gasteiger partial charge in [-0.1, -0.05) is 17.3 Å². The highest BCUT2D eigenvalue weighted by Gasteiger charge is 2.13. The first-order chi connectivity index (χ1) is 12.5. The third-order valence-corrected chi connectivity index (χ3v) is 4.05. The van der Waals surface area contributed by atoms with Gasteiger partial charge in [-0.2, -0.15) is 0 Å². The number of hydrogen-bond donors (Lipinski definition) is 1. The second-order valence-electron chi connectivity index (χ2n) is 6.05. The molecular formula is C19H20N4O3. The van der Waals surface area contributed by atoms with Gasteiger partial charge in [-0.05, 0) is 56.2 Å². The quantitative estimate of drug-likeness (QED) is 0.714. The van der Waals surface area contributed by atoms with Crippen LogP contribution in [0.2, 0.25) is 0 Å². The molecule has 1 N–H and O–H groups in total. The predicted molar refractivity (Wildman–Crippen MR) is 98.0 cm³/mol. The molecule has 3 aromatic rings. The Morgan fingerprint density at radius 3 is 2.73 bits per heavy atom. The molecule has 0 saturated carbocycles. The van der Waals surface area contributed by atoms with Crippen molar-refractivity contribution in [2.45, 2.75) is 27.3 Å². The lowest BCUT2D eigenvalue weighted by Gasteiger charge is -2.10. The number of fused-ring (bicyclic) bond motifs is 1. The van der Waals surface area contributed by atoms with E-state index in [9.17, 15) is 9.59 Å². The summed E-state index contributed by atoms with van der Waals surface area (Å²) in [5.74, 6) is -0.959. The van der Waals surface area contributed by atoms with Crippen LogP contribution in [0.15, 0.2) is 36.4 Å². The van der Waals surface area contributed by atoms with Gasteiger partial charge in [0.25, 0.3) is 5.91 Å². The third kappa shape index (κ3) is 3.72. The van der Waals surface area contributed by atoms with Crippen LogP contribution in [0.25, 0.3) is 11.0 Å². The number of hydrogen-bond acceptors (Lipinski definition) is 5. The van der Waals surface area contributed by atoms with Crippen molar-refractivity contribution in [1.82, 2.24) is 15.0 Å². The average Bonchev–Trinajstić information content (AvgIpc) is 3.05. The van der Waals surface area contributed by atoms with E-state index < -0.39 is 5.97 Å². The fourth-order valence-electron chi connectivity index (χ4n) is 2.60. The first-order valence-corrected chi connectivity index (χ1v) is 8.35. The Bertz CT molecular complexity index is 978. The lowest BCUT2D eigenvalue weighted by atomic mass is 10.1. The highest BCUT2D eigenvalue weighted by atomic mass is 16.5. The maximum atomic E-state index is 12.2. The van der Waals surface area contributed by atoms with Gasteiger partial charge in [0.1, 0.15) is 5.52 Å². The normalized spacial score (nSPS) is 10.7. The Morgan fingerprint density at radius 2 is 1.96 bits per heavy atom. The molecule has 0 spiro atoms. The van der Waals surface area contributed by atoms with Gasteiger partial charge in [-0.25, -0.2) is 9.48 Å². The van der Waals surface area contributed by atoms with Gasteiger partial charge in [0.15, 0.2) is 6.61 Å². The smallest absolute Gasteiger partial charge is 0.338 e. The largest absolute Gasteiger partial charge is 0.452 e. The number of amides is 1. The summed E-state index contributed by atoms with van der Waals surface area (Å²) >= 11 is 0. The summed E-state index contributed by atoms with van der Waals surface area (Å²) < 4.78 is 6.85. The van der Waals surface area contributed by atoms with Crippen molar-refractivity contribution < 1.29 is 14.3 Å². The van der Waals surface area contributed by atoms with E-state index in [0.29, 0.717) is 23.3 Å². The van der Waals surface area contributed by atoms with Gasteiger partial charge in [0, 0.05) is 12.2 Å². The molecule has 1 amide bonds. The molecular weight excluding hydrogens is 332 g/mol. The van der Waals surface area contributed by atoms with Crippen molar-refractivity contribution >= 4 is 28.6 Å². The van der Waals surface area contributed by atoms with Crippen molar-refractivity contribution in [1.29, 1.82) is 0 Å². The zero-order chi connectivity index (χ0) is 18.7. The fraction of sp³-hybridized carbons (Fsp3) is 0.263. The van der Waals surface area contributed by atoms with Crippen LogP contribution in [0.4, 0.5) is 5.69 Å². The Balaban J connectivity index is 1.63. The number of esters is 1. The molecule has 26 heavy (non-hydrogen) atoms. The van der Waals surface area contributed by atoms with Crippen LogP contribution >= 0.6 is 0 Å². The summed E-state index contributed by atoms with van der Waals surface area (Å²) in [4.78, 5) is 24.2. The van der Waals surface area contributed by atoms with Crippen LogP contribution in [0.5, 0.6) is 0 Å². The molecule has 134 valence electrons. The summed E-state index contributed by atoms with van der Waals surface area (Å²) in [7, 11) is 0. The van der Waals surface area contributed by atoms with Crippen LogP contribution < -0.4 is 5.32 Å². The lowest BCUT2D eigenvalue weighted by molar-refractivity contribution is -0.119. The molecule has 0 radical (unpaired) electrons. The van der Waals surface area contributed by atoms with E-state index >= 15 is 0 Å². The first kappa shape index (κ1) is 17.6. The molecule has 0 bridgehead atoms. The summed E-state index contributed by atoms with van der Waals surface area (Å²) in [6.07, 6.45) is 0. The summed E-state index contributed by atoms with van der Waals surface area (Å²) in [6, 6.07) is 10.8. The standard InChI is InChI=1S/C19H20N4O3/c1-4-23-17-8-7-14(10-16(17)21-22-23)19(25)26-11-18(24)20-15-9-12(2)5-6-13(15)3/h5-10H,4,11H2,1-3H3,(H,20,24). The van der Waals surface area contributed by atoms with Crippen LogP contribution in [-0.4, -0.2) is 33.5 Å². The van der Waals surface area contributed by atoms with Crippen molar-refractivity contribution in [3.8, 4) is 0 Å². The first-order valence-electron chi connectivity index (χ1n) is 8.35. The second-order valence-corrected chi connectivity index (χ2v) is 6.05. The van der Waals surface area contributed by atoms with E-state index in [0.717, 1.165) is 16.6 Å². The average molecular weight is 352 g/mol. The summed E-state index contributed by atoms with van der Waals surface area (Å²) in [6.45, 7) is 6.15. The number of carbonyl (C=O) groups is 2. The van der Waals surface area contributed by atoms with Crippen LogP contribution in [0, 0.1) is 13.8 Å². The molecule has 0 atom stereocenters. The Labute approximate surface area is 151 Å². The number of carbonyl (C=O) groups excluding carboxylic acids is 2. The van der Waals surface area contributed by atoms with Crippen molar-refractivity contribution in [2.75, 3.05) is 11.9 Å². The Morgan fingerprint density at radius 1 is 1.15 bits per heavy atom. The van der Waals surface area contributed by atoms with Crippen LogP contribution in [0.3, 0.4) is 0 Å². The molecule has 2 aromatic carbocycles. The highest BCUT2D eigenvalue weighted by molar-refractivity contribution is 5.97. The van der Waals surface area contributed by atoms with Crippen LogP contribution in [-0.2, 0) is 16.1 Å². The maximum Gasteiger partial charge on any atom is 0.338 e. The minimum atomic E-state index is -0.575.